The van der Waals surface area contributed by atoms with E-state index in [0.29, 0.717) is 21.4 Å². The summed E-state index contributed by atoms with van der Waals surface area (Å²) < 4.78 is 12.6. The van der Waals surface area contributed by atoms with Crippen LogP contribution in [0.15, 0.2) is 78.9 Å². The highest BCUT2D eigenvalue weighted by molar-refractivity contribution is 6.31. The van der Waals surface area contributed by atoms with Gasteiger partial charge < -0.3 is 14.6 Å². The minimum Gasteiger partial charge on any atom is -0.482 e. The fourth-order valence-electron chi connectivity index (χ4n) is 4.78. The van der Waals surface area contributed by atoms with Gasteiger partial charge in [-0.25, -0.2) is 4.79 Å². The minimum absolute atomic E-state index is 0.0402. The van der Waals surface area contributed by atoms with Gasteiger partial charge in [-0.15, -0.1) is 0 Å². The molecule has 3 aromatic rings. The highest BCUT2D eigenvalue weighted by Gasteiger charge is 2.41. The molecule has 1 heterocycles. The first kappa shape index (κ1) is 25.3. The first-order valence-electron chi connectivity index (χ1n) is 11.5. The van der Waals surface area contributed by atoms with Crippen LogP contribution in [0.25, 0.3) is 0 Å². The van der Waals surface area contributed by atoms with Crippen LogP contribution in [0, 0.1) is 12.8 Å². The maximum Gasteiger partial charge on any atom is 0.341 e. The van der Waals surface area contributed by atoms with E-state index in [9.17, 15) is 9.90 Å². The van der Waals surface area contributed by atoms with Crippen LogP contribution in [0.2, 0.25) is 10.0 Å². The van der Waals surface area contributed by atoms with Gasteiger partial charge in [-0.3, -0.25) is 0 Å². The Labute approximate surface area is 216 Å². The Morgan fingerprint density at radius 2 is 1.77 bits per heavy atom. The van der Waals surface area contributed by atoms with Crippen LogP contribution in [-0.4, -0.2) is 17.7 Å². The van der Waals surface area contributed by atoms with E-state index in [1.165, 1.54) is 5.56 Å². The molecule has 0 aromatic heterocycles. The first-order valence-corrected chi connectivity index (χ1v) is 12.3. The number of carbonyl (C=O) groups is 1. The SMILES string of the molecule is C=C(C)[C@H]1C[C@H](c2ccccc2)[C@H](c2cccc(Cl)c2)O[C@@H]1c1cc(Cl)c(C)cc1OCC(=O)O. The summed E-state index contributed by atoms with van der Waals surface area (Å²) in [5, 5.41) is 10.4. The molecule has 1 N–H and O–H groups in total. The zero-order valence-corrected chi connectivity index (χ0v) is 21.2. The highest BCUT2D eigenvalue weighted by Crippen LogP contribution is 2.53. The van der Waals surface area contributed by atoms with Gasteiger partial charge in [0.25, 0.3) is 0 Å². The number of carboxylic acid groups (broad SMARTS) is 1. The lowest BCUT2D eigenvalue weighted by atomic mass is 9.74. The van der Waals surface area contributed by atoms with E-state index in [1.807, 2.05) is 62.4 Å². The van der Waals surface area contributed by atoms with Gasteiger partial charge in [-0.05, 0) is 61.2 Å². The largest absolute Gasteiger partial charge is 0.482 e. The number of aryl methyl sites for hydroxylation is 1. The van der Waals surface area contributed by atoms with Crippen molar-refractivity contribution in [3.8, 4) is 5.75 Å². The van der Waals surface area contributed by atoms with Crippen molar-refractivity contribution >= 4 is 29.2 Å². The quantitative estimate of drug-likeness (QED) is 0.327. The van der Waals surface area contributed by atoms with E-state index in [0.717, 1.165) is 23.1 Å². The molecule has 1 saturated heterocycles. The van der Waals surface area contributed by atoms with E-state index >= 15 is 0 Å². The van der Waals surface area contributed by atoms with Crippen molar-refractivity contribution in [1.82, 2.24) is 0 Å². The molecule has 4 rings (SSSR count). The van der Waals surface area contributed by atoms with E-state index in [-0.39, 0.29) is 17.9 Å². The van der Waals surface area contributed by atoms with Crippen LogP contribution in [0.1, 0.15) is 53.7 Å². The fraction of sp³-hybridized carbons (Fsp3) is 0.276. The van der Waals surface area contributed by atoms with Gasteiger partial charge in [0.05, 0.1) is 12.2 Å². The Balaban J connectivity index is 1.83. The van der Waals surface area contributed by atoms with Crippen molar-refractivity contribution < 1.29 is 19.4 Å². The number of hydrogen-bond acceptors (Lipinski definition) is 3. The van der Waals surface area contributed by atoms with Crippen LogP contribution in [0.5, 0.6) is 5.75 Å². The predicted molar refractivity (Wildman–Crippen MR) is 139 cm³/mol. The Hall–Kier alpha value is -2.79. The molecule has 4 nitrogen and oxygen atoms in total. The van der Waals surface area contributed by atoms with Gasteiger partial charge in [0.2, 0.25) is 0 Å². The molecule has 1 fully saturated rings. The lowest BCUT2D eigenvalue weighted by Crippen LogP contribution is -2.32. The van der Waals surface area contributed by atoms with E-state index in [1.54, 1.807) is 6.07 Å². The number of rotatable bonds is 7. The Bertz CT molecular complexity index is 1220. The topological polar surface area (TPSA) is 55.8 Å². The second kappa shape index (κ2) is 10.9. The molecule has 4 atom stereocenters. The summed E-state index contributed by atoms with van der Waals surface area (Å²) in [6, 6.07) is 21.6. The maximum atomic E-state index is 11.2. The second-order valence-corrected chi connectivity index (χ2v) is 9.90. The third-order valence-corrected chi connectivity index (χ3v) is 7.16. The molecule has 0 saturated carbocycles. The van der Waals surface area contributed by atoms with Gasteiger partial charge in [0, 0.05) is 27.4 Å². The lowest BCUT2D eigenvalue weighted by molar-refractivity contribution is -0.139. The molecule has 1 aliphatic heterocycles. The third-order valence-electron chi connectivity index (χ3n) is 6.52. The zero-order chi connectivity index (χ0) is 25.1. The number of halogens is 2. The zero-order valence-electron chi connectivity index (χ0n) is 19.7. The summed E-state index contributed by atoms with van der Waals surface area (Å²) in [7, 11) is 0. The molecule has 1 aliphatic rings. The van der Waals surface area contributed by atoms with Crippen molar-refractivity contribution in [3.05, 3.63) is 111 Å². The summed E-state index contributed by atoms with van der Waals surface area (Å²) in [4.78, 5) is 11.2. The van der Waals surface area contributed by atoms with Crippen LogP contribution < -0.4 is 4.74 Å². The second-order valence-electron chi connectivity index (χ2n) is 9.06. The summed E-state index contributed by atoms with van der Waals surface area (Å²) in [6.07, 6.45) is 0.0628. The molecule has 0 amide bonds. The lowest BCUT2D eigenvalue weighted by Gasteiger charge is -2.43. The van der Waals surface area contributed by atoms with Crippen LogP contribution in [0.3, 0.4) is 0 Å². The van der Waals surface area contributed by atoms with Gasteiger partial charge >= 0.3 is 5.97 Å². The number of benzene rings is 3. The standard InChI is InChI=1S/C29H28Cl2O4/c1-17(2)22-14-23(19-8-5-4-6-9-19)28(20-10-7-11-21(30)13-20)35-29(22)24-15-25(31)18(3)12-26(24)34-16-27(32)33/h4-13,15,22-23,28-29H,1,14,16H2,2-3H3,(H,32,33)/t22-,23-,28+,29+/m1/s1. The van der Waals surface area contributed by atoms with E-state index in [4.69, 9.17) is 32.7 Å². The highest BCUT2D eigenvalue weighted by atomic mass is 35.5. The van der Waals surface area contributed by atoms with Crippen LogP contribution >= 0.6 is 23.2 Å². The molecule has 0 radical (unpaired) electrons. The normalized spacial score (nSPS) is 21.9. The molecular weight excluding hydrogens is 483 g/mol. The third kappa shape index (κ3) is 5.72. The maximum absolute atomic E-state index is 11.2. The predicted octanol–water partition coefficient (Wildman–Crippen LogP) is 7.94. The fourth-order valence-corrected chi connectivity index (χ4v) is 5.15. The Morgan fingerprint density at radius 3 is 2.43 bits per heavy atom. The average Bonchev–Trinajstić information content (AvgIpc) is 2.84. The van der Waals surface area contributed by atoms with Crippen molar-refractivity contribution in [2.45, 2.75) is 38.4 Å². The average molecular weight is 511 g/mol. The molecule has 0 spiro atoms. The van der Waals surface area contributed by atoms with Crippen molar-refractivity contribution in [2.75, 3.05) is 6.61 Å². The van der Waals surface area contributed by atoms with E-state index < -0.39 is 18.7 Å². The Kier molecular flexibility index (Phi) is 7.85. The number of aliphatic carboxylic acids is 1. The molecular formula is C29H28Cl2O4. The number of ether oxygens (including phenoxy) is 2. The molecule has 0 aliphatic carbocycles. The van der Waals surface area contributed by atoms with E-state index in [2.05, 4.69) is 18.7 Å². The van der Waals surface area contributed by atoms with Gasteiger partial charge in [-0.2, -0.15) is 0 Å². The number of hydrogen-bond donors (Lipinski definition) is 1. The molecule has 182 valence electrons. The number of carboxylic acids is 1. The van der Waals surface area contributed by atoms with Crippen LogP contribution in [0.4, 0.5) is 0 Å². The molecule has 0 unspecified atom stereocenters. The van der Waals surface area contributed by atoms with Gasteiger partial charge in [0.15, 0.2) is 6.61 Å². The summed E-state index contributed by atoms with van der Waals surface area (Å²) in [5.74, 6) is -0.572. The Morgan fingerprint density at radius 1 is 1.06 bits per heavy atom. The van der Waals surface area contributed by atoms with Crippen molar-refractivity contribution in [2.24, 2.45) is 5.92 Å². The molecule has 35 heavy (non-hydrogen) atoms. The van der Waals surface area contributed by atoms with Crippen molar-refractivity contribution in [3.63, 3.8) is 0 Å². The molecule has 0 bridgehead atoms. The smallest absolute Gasteiger partial charge is 0.341 e. The minimum atomic E-state index is -1.05. The van der Waals surface area contributed by atoms with Gasteiger partial charge in [0.1, 0.15) is 5.75 Å². The summed E-state index contributed by atoms with van der Waals surface area (Å²) in [5.41, 5.74) is 4.64. The molecule has 3 aromatic carbocycles. The first-order chi connectivity index (χ1) is 16.7. The monoisotopic (exact) mass is 510 g/mol. The van der Waals surface area contributed by atoms with Gasteiger partial charge in [-0.1, -0.05) is 77.8 Å². The molecule has 6 heteroatoms. The summed E-state index contributed by atoms with van der Waals surface area (Å²) in [6.45, 7) is 7.67. The van der Waals surface area contributed by atoms with Crippen molar-refractivity contribution in [1.29, 1.82) is 0 Å². The van der Waals surface area contributed by atoms with Crippen LogP contribution in [-0.2, 0) is 9.53 Å². The summed E-state index contributed by atoms with van der Waals surface area (Å²) >= 11 is 12.9.